The van der Waals surface area contributed by atoms with Gasteiger partial charge in [-0.2, -0.15) is 18.3 Å². The van der Waals surface area contributed by atoms with Crippen LogP contribution in [0.1, 0.15) is 32.9 Å². The van der Waals surface area contributed by atoms with Crippen LogP contribution in [0.3, 0.4) is 0 Å². The van der Waals surface area contributed by atoms with Gasteiger partial charge in [0.15, 0.2) is 0 Å². The summed E-state index contributed by atoms with van der Waals surface area (Å²) in [6.07, 6.45) is -4.39. The Labute approximate surface area is 168 Å². The van der Waals surface area contributed by atoms with Gasteiger partial charge in [0.05, 0.1) is 29.2 Å². The lowest BCUT2D eigenvalue weighted by atomic mass is 10.1. The average Bonchev–Trinajstić information content (AvgIpc) is 2.88. The zero-order valence-corrected chi connectivity index (χ0v) is 16.7. The number of hydrogen-bond donors (Lipinski definition) is 1. The van der Waals surface area contributed by atoms with E-state index in [2.05, 4.69) is 26.3 Å². The molecule has 2 aromatic carbocycles. The van der Waals surface area contributed by atoms with Gasteiger partial charge in [0.25, 0.3) is 5.91 Å². The Balaban J connectivity index is 1.83. The summed E-state index contributed by atoms with van der Waals surface area (Å²) in [5.74, 6) is -0.286. The Hall–Kier alpha value is -2.61. The molecule has 28 heavy (non-hydrogen) atoms. The number of rotatable bonds is 4. The van der Waals surface area contributed by atoms with Gasteiger partial charge < -0.3 is 5.32 Å². The van der Waals surface area contributed by atoms with E-state index in [0.29, 0.717) is 28.2 Å². The van der Waals surface area contributed by atoms with Crippen molar-refractivity contribution in [2.24, 2.45) is 0 Å². The van der Waals surface area contributed by atoms with Gasteiger partial charge in [-0.15, -0.1) is 0 Å². The van der Waals surface area contributed by atoms with Gasteiger partial charge in [-0.3, -0.25) is 9.48 Å². The van der Waals surface area contributed by atoms with Crippen LogP contribution >= 0.6 is 15.9 Å². The van der Waals surface area contributed by atoms with E-state index in [4.69, 9.17) is 0 Å². The molecule has 3 aromatic rings. The van der Waals surface area contributed by atoms with Crippen molar-refractivity contribution >= 4 is 27.5 Å². The van der Waals surface area contributed by atoms with Gasteiger partial charge >= 0.3 is 6.18 Å². The number of nitrogens with one attached hydrogen (secondary N) is 1. The van der Waals surface area contributed by atoms with Crippen molar-refractivity contribution in [3.05, 3.63) is 81.1 Å². The standard InChI is InChI=1S/C20H17BrF3N3O/c1-12-18(25-19(28)15-6-4-8-17(21)10-15)13(2)27(26-12)11-14-5-3-7-16(9-14)20(22,23)24/h3-10H,11H2,1-2H3,(H,25,28). The number of nitrogens with zero attached hydrogens (tertiary/aromatic N) is 2. The first kappa shape index (κ1) is 20.1. The van der Waals surface area contributed by atoms with Gasteiger partial charge in [0, 0.05) is 10.0 Å². The molecule has 3 rings (SSSR count). The van der Waals surface area contributed by atoms with Crippen molar-refractivity contribution in [2.75, 3.05) is 5.32 Å². The molecule has 146 valence electrons. The van der Waals surface area contributed by atoms with Crippen molar-refractivity contribution in [1.29, 1.82) is 0 Å². The molecule has 0 aliphatic rings. The topological polar surface area (TPSA) is 46.9 Å². The Kier molecular flexibility index (Phi) is 5.60. The molecule has 0 radical (unpaired) electrons. The number of hydrogen-bond acceptors (Lipinski definition) is 2. The number of amides is 1. The quantitative estimate of drug-likeness (QED) is 0.562. The fraction of sp³-hybridized carbons (Fsp3) is 0.200. The van der Waals surface area contributed by atoms with Crippen LogP contribution in [-0.2, 0) is 12.7 Å². The van der Waals surface area contributed by atoms with Crippen LogP contribution < -0.4 is 5.32 Å². The molecule has 0 aliphatic heterocycles. The lowest BCUT2D eigenvalue weighted by molar-refractivity contribution is -0.137. The molecule has 0 saturated carbocycles. The third-order valence-corrected chi connectivity index (χ3v) is 4.79. The first-order valence-electron chi connectivity index (χ1n) is 8.42. The summed E-state index contributed by atoms with van der Waals surface area (Å²) in [6.45, 7) is 3.68. The molecule has 8 heteroatoms. The molecule has 4 nitrogen and oxygen atoms in total. The van der Waals surface area contributed by atoms with Crippen LogP contribution in [0.15, 0.2) is 53.0 Å². The first-order valence-corrected chi connectivity index (χ1v) is 9.21. The van der Waals surface area contributed by atoms with Crippen molar-refractivity contribution in [3.63, 3.8) is 0 Å². The zero-order valence-electron chi connectivity index (χ0n) is 15.1. The lowest BCUT2D eigenvalue weighted by Gasteiger charge is -2.10. The molecule has 0 bridgehead atoms. The Bertz CT molecular complexity index is 1030. The van der Waals surface area contributed by atoms with Crippen LogP contribution in [0, 0.1) is 13.8 Å². The van der Waals surface area contributed by atoms with Crippen LogP contribution in [0.25, 0.3) is 0 Å². The van der Waals surface area contributed by atoms with E-state index in [-0.39, 0.29) is 12.5 Å². The molecule has 0 atom stereocenters. The molecule has 0 saturated heterocycles. The van der Waals surface area contributed by atoms with Crippen LogP contribution in [0.5, 0.6) is 0 Å². The highest BCUT2D eigenvalue weighted by atomic mass is 79.9. The fourth-order valence-electron chi connectivity index (χ4n) is 2.87. The van der Waals surface area contributed by atoms with Gasteiger partial charge in [-0.05, 0) is 49.7 Å². The minimum absolute atomic E-state index is 0.170. The highest BCUT2D eigenvalue weighted by molar-refractivity contribution is 9.10. The van der Waals surface area contributed by atoms with E-state index in [9.17, 15) is 18.0 Å². The van der Waals surface area contributed by atoms with Gasteiger partial charge in [-0.1, -0.05) is 34.1 Å². The van der Waals surface area contributed by atoms with Crippen molar-refractivity contribution in [2.45, 2.75) is 26.6 Å². The summed E-state index contributed by atoms with van der Waals surface area (Å²) >= 11 is 3.33. The van der Waals surface area contributed by atoms with E-state index in [1.54, 1.807) is 42.8 Å². The van der Waals surface area contributed by atoms with E-state index < -0.39 is 11.7 Å². The summed E-state index contributed by atoms with van der Waals surface area (Å²) in [4.78, 5) is 12.5. The molecule has 1 amide bonds. The third kappa shape index (κ3) is 4.44. The van der Waals surface area contributed by atoms with Gasteiger partial charge in [0.1, 0.15) is 0 Å². The Morgan fingerprint density at radius 3 is 2.54 bits per heavy atom. The van der Waals surface area contributed by atoms with Crippen LogP contribution in [0.4, 0.5) is 18.9 Å². The fourth-order valence-corrected chi connectivity index (χ4v) is 3.27. The maximum atomic E-state index is 12.9. The molecule has 0 aliphatic carbocycles. The van der Waals surface area contributed by atoms with E-state index in [1.165, 1.54) is 6.07 Å². The monoisotopic (exact) mass is 451 g/mol. The number of alkyl halides is 3. The van der Waals surface area contributed by atoms with Crippen LogP contribution in [0.2, 0.25) is 0 Å². The summed E-state index contributed by atoms with van der Waals surface area (Å²) in [5, 5.41) is 7.21. The number of anilines is 1. The number of benzene rings is 2. The zero-order chi connectivity index (χ0) is 20.5. The number of halogens is 4. The molecule has 0 unspecified atom stereocenters. The normalized spacial score (nSPS) is 11.5. The van der Waals surface area contributed by atoms with Crippen molar-refractivity contribution < 1.29 is 18.0 Å². The second kappa shape index (κ2) is 7.79. The maximum Gasteiger partial charge on any atom is 0.416 e. The van der Waals surface area contributed by atoms with Crippen LogP contribution in [-0.4, -0.2) is 15.7 Å². The summed E-state index contributed by atoms with van der Waals surface area (Å²) < 4.78 is 41.1. The largest absolute Gasteiger partial charge is 0.416 e. The van der Waals surface area contributed by atoms with Gasteiger partial charge in [-0.25, -0.2) is 0 Å². The maximum absolute atomic E-state index is 12.9. The van der Waals surface area contributed by atoms with Crippen molar-refractivity contribution in [3.8, 4) is 0 Å². The predicted octanol–water partition coefficient (Wildman–Crippen LogP) is 5.58. The summed E-state index contributed by atoms with van der Waals surface area (Å²) in [6, 6.07) is 12.1. The summed E-state index contributed by atoms with van der Waals surface area (Å²) in [7, 11) is 0. The Morgan fingerprint density at radius 2 is 1.86 bits per heavy atom. The van der Waals surface area contributed by atoms with Gasteiger partial charge in [0.2, 0.25) is 0 Å². The first-order chi connectivity index (χ1) is 13.1. The average molecular weight is 452 g/mol. The highest BCUT2D eigenvalue weighted by Crippen LogP contribution is 2.30. The molecule has 1 N–H and O–H groups in total. The summed E-state index contributed by atoms with van der Waals surface area (Å²) in [5.41, 5.74) is 2.07. The van der Waals surface area contributed by atoms with E-state index >= 15 is 0 Å². The SMILES string of the molecule is Cc1nn(Cc2cccc(C(F)(F)F)c2)c(C)c1NC(=O)c1cccc(Br)c1. The molecular formula is C20H17BrF3N3O. The Morgan fingerprint density at radius 1 is 1.14 bits per heavy atom. The predicted molar refractivity (Wildman–Crippen MR) is 104 cm³/mol. The highest BCUT2D eigenvalue weighted by Gasteiger charge is 2.30. The smallest absolute Gasteiger partial charge is 0.319 e. The molecule has 1 heterocycles. The molecule has 0 fully saturated rings. The minimum Gasteiger partial charge on any atom is -0.319 e. The number of aryl methyl sites for hydroxylation is 1. The molecule has 0 spiro atoms. The second-order valence-electron chi connectivity index (χ2n) is 6.37. The van der Waals surface area contributed by atoms with E-state index in [1.807, 2.05) is 6.07 Å². The number of carbonyl (C=O) groups excluding carboxylic acids is 1. The third-order valence-electron chi connectivity index (χ3n) is 4.29. The van der Waals surface area contributed by atoms with Crippen molar-refractivity contribution in [1.82, 2.24) is 9.78 Å². The second-order valence-corrected chi connectivity index (χ2v) is 7.28. The van der Waals surface area contributed by atoms with E-state index in [0.717, 1.165) is 16.6 Å². The number of carbonyl (C=O) groups is 1. The molecular weight excluding hydrogens is 435 g/mol. The molecule has 1 aromatic heterocycles. The lowest BCUT2D eigenvalue weighted by Crippen LogP contribution is -2.13. The minimum atomic E-state index is -4.39. The number of aromatic nitrogens is 2.